The van der Waals surface area contributed by atoms with Crippen molar-refractivity contribution in [1.82, 2.24) is 9.21 Å². The quantitative estimate of drug-likeness (QED) is 0.817. The molecular formula is C18H22N2O4S. The van der Waals surface area contributed by atoms with Crippen LogP contribution in [0.4, 0.5) is 0 Å². The fourth-order valence-corrected chi connectivity index (χ4v) is 6.31. The Balaban J connectivity index is 1.57. The van der Waals surface area contributed by atoms with Crippen LogP contribution in [0, 0.1) is 0 Å². The number of ketones is 1. The summed E-state index contributed by atoms with van der Waals surface area (Å²) in [5.41, 5.74) is 0.994. The number of likely N-dealkylation sites (N-methyl/N-ethyl adjacent to an activating group) is 1. The van der Waals surface area contributed by atoms with Crippen LogP contribution in [0.15, 0.2) is 29.2 Å². The third-order valence-corrected chi connectivity index (χ3v) is 7.77. The van der Waals surface area contributed by atoms with Crippen molar-refractivity contribution in [3.05, 3.63) is 29.8 Å². The largest absolute Gasteiger partial charge is 0.345 e. The molecule has 0 aliphatic carbocycles. The minimum Gasteiger partial charge on any atom is -0.345 e. The summed E-state index contributed by atoms with van der Waals surface area (Å²) in [5, 5.41) is 0. The van der Waals surface area contributed by atoms with Crippen LogP contribution in [-0.2, 0) is 19.6 Å². The van der Waals surface area contributed by atoms with Gasteiger partial charge in [0.05, 0.1) is 4.90 Å². The third-order valence-electron chi connectivity index (χ3n) is 5.75. The average Bonchev–Trinajstić information content (AvgIpc) is 3.06. The summed E-state index contributed by atoms with van der Waals surface area (Å²) < 4.78 is 27.7. The molecule has 3 aliphatic rings. The van der Waals surface area contributed by atoms with E-state index in [0.717, 1.165) is 18.4 Å². The van der Waals surface area contributed by atoms with Gasteiger partial charge in [-0.25, -0.2) is 8.42 Å². The Morgan fingerprint density at radius 1 is 0.960 bits per heavy atom. The molecular weight excluding hydrogens is 340 g/mol. The highest BCUT2D eigenvalue weighted by Gasteiger charge is 2.46. The number of sulfonamides is 1. The van der Waals surface area contributed by atoms with Crippen LogP contribution in [0.1, 0.15) is 43.6 Å². The Bertz CT molecular complexity index is 802. The van der Waals surface area contributed by atoms with Gasteiger partial charge in [-0.05, 0) is 30.5 Å². The van der Waals surface area contributed by atoms with E-state index in [1.54, 1.807) is 28.4 Å². The number of amides is 1. The van der Waals surface area contributed by atoms with Gasteiger partial charge >= 0.3 is 0 Å². The van der Waals surface area contributed by atoms with Gasteiger partial charge in [-0.1, -0.05) is 12.1 Å². The van der Waals surface area contributed by atoms with E-state index in [-0.39, 0.29) is 34.6 Å². The highest BCUT2D eigenvalue weighted by atomic mass is 32.2. The van der Waals surface area contributed by atoms with Gasteiger partial charge in [-0.3, -0.25) is 9.59 Å². The Kier molecular flexibility index (Phi) is 3.96. The number of nitrogens with zero attached hydrogens (tertiary/aromatic N) is 2. The standard InChI is InChI=1S/C18H22N2O4S/c1-19-11-13(8-18(19)22)12-2-6-17(7-3-12)25(23,24)20-14-4-5-15(20)10-16(21)9-14/h2-3,6-7,13-15H,4-5,8-11H2,1H3. The summed E-state index contributed by atoms with van der Waals surface area (Å²) >= 11 is 0. The molecule has 1 amide bonds. The molecule has 1 aromatic carbocycles. The lowest BCUT2D eigenvalue weighted by molar-refractivity contribution is -0.126. The van der Waals surface area contributed by atoms with Gasteiger partial charge < -0.3 is 4.90 Å². The zero-order valence-electron chi connectivity index (χ0n) is 14.2. The first-order chi connectivity index (χ1) is 11.9. The van der Waals surface area contributed by atoms with Crippen LogP contribution in [0.25, 0.3) is 0 Å². The number of hydrogen-bond acceptors (Lipinski definition) is 4. The molecule has 3 saturated heterocycles. The number of Topliss-reactive ketones (excluding diaryl/α,β-unsaturated/α-hetero) is 1. The molecule has 134 valence electrons. The lowest BCUT2D eigenvalue weighted by Crippen LogP contribution is -2.46. The molecule has 0 aromatic heterocycles. The maximum atomic E-state index is 13.0. The van der Waals surface area contributed by atoms with E-state index in [1.807, 2.05) is 12.1 Å². The Morgan fingerprint density at radius 3 is 2.08 bits per heavy atom. The van der Waals surface area contributed by atoms with Gasteiger partial charge in [0.15, 0.2) is 0 Å². The zero-order valence-corrected chi connectivity index (χ0v) is 15.0. The van der Waals surface area contributed by atoms with Crippen LogP contribution < -0.4 is 0 Å². The van der Waals surface area contributed by atoms with Crippen LogP contribution in [-0.4, -0.2) is 55.0 Å². The number of fused-ring (bicyclic) bond motifs is 2. The summed E-state index contributed by atoms with van der Waals surface area (Å²) in [4.78, 5) is 25.4. The predicted molar refractivity (Wildman–Crippen MR) is 91.5 cm³/mol. The minimum absolute atomic E-state index is 0.122. The molecule has 7 heteroatoms. The Morgan fingerprint density at radius 2 is 1.56 bits per heavy atom. The van der Waals surface area contributed by atoms with Crippen molar-refractivity contribution in [1.29, 1.82) is 0 Å². The fraction of sp³-hybridized carbons (Fsp3) is 0.556. The van der Waals surface area contributed by atoms with E-state index in [4.69, 9.17) is 0 Å². The molecule has 2 bridgehead atoms. The first kappa shape index (κ1) is 16.7. The zero-order chi connectivity index (χ0) is 17.8. The van der Waals surface area contributed by atoms with Crippen molar-refractivity contribution >= 4 is 21.7 Å². The molecule has 3 fully saturated rings. The Hall–Kier alpha value is -1.73. The normalized spacial score (nSPS) is 30.3. The summed E-state index contributed by atoms with van der Waals surface area (Å²) in [6, 6.07) is 6.56. The number of carbonyl (C=O) groups is 2. The van der Waals surface area contributed by atoms with Gasteiger partial charge in [0.2, 0.25) is 15.9 Å². The van der Waals surface area contributed by atoms with Crippen molar-refractivity contribution in [3.63, 3.8) is 0 Å². The van der Waals surface area contributed by atoms with E-state index >= 15 is 0 Å². The molecule has 4 rings (SSSR count). The van der Waals surface area contributed by atoms with Gasteiger partial charge in [-0.2, -0.15) is 4.31 Å². The SMILES string of the molecule is CN1CC(c2ccc(S(=O)(=O)N3C4CCC3CC(=O)C4)cc2)CC1=O. The van der Waals surface area contributed by atoms with Gasteiger partial charge in [-0.15, -0.1) is 0 Å². The topological polar surface area (TPSA) is 74.8 Å². The predicted octanol–water partition coefficient (Wildman–Crippen LogP) is 1.52. The molecule has 0 saturated carbocycles. The number of benzene rings is 1. The summed E-state index contributed by atoms with van der Waals surface area (Å²) in [6.45, 7) is 0.670. The maximum absolute atomic E-state index is 13.0. The van der Waals surface area contributed by atoms with E-state index in [0.29, 0.717) is 25.8 Å². The third kappa shape index (κ3) is 2.79. The molecule has 0 radical (unpaired) electrons. The van der Waals surface area contributed by atoms with Crippen LogP contribution >= 0.6 is 0 Å². The molecule has 3 unspecified atom stereocenters. The van der Waals surface area contributed by atoms with Crippen molar-refractivity contribution < 1.29 is 18.0 Å². The highest BCUT2D eigenvalue weighted by Crippen LogP contribution is 2.38. The fourth-order valence-electron chi connectivity index (χ4n) is 4.44. The molecule has 3 heterocycles. The Labute approximate surface area is 147 Å². The first-order valence-electron chi connectivity index (χ1n) is 8.75. The van der Waals surface area contributed by atoms with Gasteiger partial charge in [0.25, 0.3) is 0 Å². The smallest absolute Gasteiger partial charge is 0.243 e. The van der Waals surface area contributed by atoms with Crippen molar-refractivity contribution in [2.75, 3.05) is 13.6 Å². The molecule has 25 heavy (non-hydrogen) atoms. The van der Waals surface area contributed by atoms with Crippen LogP contribution in [0.5, 0.6) is 0 Å². The van der Waals surface area contributed by atoms with Crippen LogP contribution in [0.3, 0.4) is 0 Å². The number of rotatable bonds is 3. The molecule has 0 spiro atoms. The summed E-state index contributed by atoms with van der Waals surface area (Å²) in [5.74, 6) is 0.415. The lowest BCUT2D eigenvalue weighted by Gasteiger charge is -2.32. The second-order valence-electron chi connectivity index (χ2n) is 7.41. The van der Waals surface area contributed by atoms with E-state index in [2.05, 4.69) is 0 Å². The minimum atomic E-state index is -3.58. The number of carbonyl (C=O) groups excluding carboxylic acids is 2. The van der Waals surface area contributed by atoms with E-state index in [9.17, 15) is 18.0 Å². The summed E-state index contributed by atoms with van der Waals surface area (Å²) in [6.07, 6.45) is 2.68. The van der Waals surface area contributed by atoms with Crippen molar-refractivity contribution in [3.8, 4) is 0 Å². The first-order valence-corrected chi connectivity index (χ1v) is 10.2. The van der Waals surface area contributed by atoms with Crippen molar-refractivity contribution in [2.24, 2.45) is 0 Å². The van der Waals surface area contributed by atoms with E-state index in [1.165, 1.54) is 0 Å². The molecule has 0 N–H and O–H groups in total. The second kappa shape index (κ2) is 5.92. The summed E-state index contributed by atoms with van der Waals surface area (Å²) in [7, 11) is -1.79. The van der Waals surface area contributed by atoms with E-state index < -0.39 is 10.0 Å². The molecule has 3 atom stereocenters. The van der Waals surface area contributed by atoms with Gasteiger partial charge in [0.1, 0.15) is 5.78 Å². The highest BCUT2D eigenvalue weighted by molar-refractivity contribution is 7.89. The second-order valence-corrected chi connectivity index (χ2v) is 9.25. The van der Waals surface area contributed by atoms with Crippen molar-refractivity contribution in [2.45, 2.75) is 55.0 Å². The molecule has 1 aromatic rings. The monoisotopic (exact) mass is 362 g/mol. The number of piperidine rings is 1. The number of likely N-dealkylation sites (tertiary alicyclic amines) is 1. The maximum Gasteiger partial charge on any atom is 0.243 e. The van der Waals surface area contributed by atoms with Gasteiger partial charge in [0, 0.05) is 50.9 Å². The lowest BCUT2D eigenvalue weighted by atomic mass is 9.98. The van der Waals surface area contributed by atoms with Crippen LogP contribution in [0.2, 0.25) is 0 Å². The average molecular weight is 362 g/mol. The molecule has 6 nitrogen and oxygen atoms in total. The molecule has 3 aliphatic heterocycles. The number of hydrogen-bond donors (Lipinski definition) is 0.